The Morgan fingerprint density at radius 2 is 2.41 bits per heavy atom. The normalized spacial score (nSPS) is 11.1. The van der Waals surface area contributed by atoms with Gasteiger partial charge in [0.25, 0.3) is 0 Å². The average Bonchev–Trinajstić information content (AvgIpc) is 2.88. The van der Waals surface area contributed by atoms with Gasteiger partial charge in [0.05, 0.1) is 23.3 Å². The number of H-pyrrole nitrogens is 1. The number of furan rings is 1. The number of rotatable bonds is 2. The SMILES string of the molecule is S=c1[nH]c2cc(Cl)cnc2n1Cc1ccco1. The van der Waals surface area contributed by atoms with Crippen LogP contribution in [-0.2, 0) is 6.54 Å². The van der Waals surface area contributed by atoms with E-state index in [1.165, 1.54) is 0 Å². The van der Waals surface area contributed by atoms with E-state index in [9.17, 15) is 0 Å². The first-order chi connectivity index (χ1) is 8.24. The minimum atomic E-state index is 0.556. The van der Waals surface area contributed by atoms with Crippen LogP contribution in [0.25, 0.3) is 11.2 Å². The summed E-state index contributed by atoms with van der Waals surface area (Å²) in [5, 5.41) is 0.582. The molecule has 17 heavy (non-hydrogen) atoms. The summed E-state index contributed by atoms with van der Waals surface area (Å²) in [6.07, 6.45) is 3.24. The molecule has 6 heteroatoms. The summed E-state index contributed by atoms with van der Waals surface area (Å²) in [6.45, 7) is 0.556. The van der Waals surface area contributed by atoms with Crippen molar-refractivity contribution < 1.29 is 4.42 Å². The van der Waals surface area contributed by atoms with Gasteiger partial charge >= 0.3 is 0 Å². The molecule has 86 valence electrons. The lowest BCUT2D eigenvalue weighted by Gasteiger charge is -2.00. The molecule has 0 aromatic carbocycles. The van der Waals surface area contributed by atoms with Gasteiger partial charge in [0.15, 0.2) is 10.4 Å². The molecule has 0 aliphatic carbocycles. The van der Waals surface area contributed by atoms with Gasteiger partial charge in [-0.15, -0.1) is 0 Å². The number of hydrogen-bond acceptors (Lipinski definition) is 3. The van der Waals surface area contributed by atoms with E-state index in [0.29, 0.717) is 16.3 Å². The van der Waals surface area contributed by atoms with Crippen LogP contribution < -0.4 is 0 Å². The van der Waals surface area contributed by atoms with Gasteiger partial charge in [-0.25, -0.2) is 4.98 Å². The summed E-state index contributed by atoms with van der Waals surface area (Å²) in [5.74, 6) is 0.832. The fraction of sp³-hybridized carbons (Fsp3) is 0.0909. The van der Waals surface area contributed by atoms with Crippen molar-refractivity contribution in [3.05, 3.63) is 46.2 Å². The molecule has 0 aliphatic heterocycles. The lowest BCUT2D eigenvalue weighted by Crippen LogP contribution is -1.99. The van der Waals surface area contributed by atoms with Crippen molar-refractivity contribution in [2.45, 2.75) is 6.54 Å². The molecule has 0 saturated heterocycles. The van der Waals surface area contributed by atoms with E-state index in [1.54, 1.807) is 18.5 Å². The molecule has 0 aliphatic rings. The van der Waals surface area contributed by atoms with Gasteiger partial charge in [-0.3, -0.25) is 4.57 Å². The van der Waals surface area contributed by atoms with E-state index >= 15 is 0 Å². The predicted molar refractivity (Wildman–Crippen MR) is 67.7 cm³/mol. The molecular weight excluding hydrogens is 258 g/mol. The summed E-state index contributed by atoms with van der Waals surface area (Å²) in [6, 6.07) is 5.55. The van der Waals surface area contributed by atoms with Crippen LogP contribution in [0.1, 0.15) is 5.76 Å². The van der Waals surface area contributed by atoms with Gasteiger partial charge in [-0.05, 0) is 30.4 Å². The Morgan fingerprint density at radius 3 is 3.18 bits per heavy atom. The maximum Gasteiger partial charge on any atom is 0.179 e. The number of pyridine rings is 1. The zero-order valence-electron chi connectivity index (χ0n) is 8.68. The van der Waals surface area contributed by atoms with Crippen molar-refractivity contribution in [1.29, 1.82) is 0 Å². The van der Waals surface area contributed by atoms with Gasteiger partial charge in [-0.1, -0.05) is 11.6 Å². The Bertz CT molecular complexity index is 714. The number of hydrogen-bond donors (Lipinski definition) is 1. The highest BCUT2D eigenvalue weighted by atomic mass is 35.5. The molecule has 0 unspecified atom stereocenters. The maximum absolute atomic E-state index is 5.88. The predicted octanol–water partition coefficient (Wildman–Crippen LogP) is 3.39. The van der Waals surface area contributed by atoms with Gasteiger partial charge in [-0.2, -0.15) is 0 Å². The topological polar surface area (TPSA) is 46.8 Å². The molecule has 0 fully saturated rings. The number of aromatic amines is 1. The number of imidazole rings is 1. The lowest BCUT2D eigenvalue weighted by atomic mass is 10.4. The highest BCUT2D eigenvalue weighted by Crippen LogP contribution is 2.17. The summed E-state index contributed by atoms with van der Waals surface area (Å²) >= 11 is 11.1. The van der Waals surface area contributed by atoms with Crippen LogP contribution in [0.15, 0.2) is 35.1 Å². The zero-order chi connectivity index (χ0) is 11.8. The highest BCUT2D eigenvalue weighted by Gasteiger charge is 2.07. The maximum atomic E-state index is 5.88. The minimum absolute atomic E-state index is 0.556. The van der Waals surface area contributed by atoms with Crippen molar-refractivity contribution >= 4 is 35.0 Å². The molecule has 4 nitrogen and oxygen atoms in total. The van der Waals surface area contributed by atoms with Gasteiger partial charge in [0.1, 0.15) is 5.76 Å². The summed E-state index contributed by atoms with van der Waals surface area (Å²) in [7, 11) is 0. The van der Waals surface area contributed by atoms with Crippen molar-refractivity contribution in [2.75, 3.05) is 0 Å². The fourth-order valence-electron chi connectivity index (χ4n) is 1.72. The first-order valence-corrected chi connectivity index (χ1v) is 5.79. The molecule has 3 heterocycles. The Labute approximate surface area is 107 Å². The molecular formula is C11H8ClN3OS. The van der Waals surface area contributed by atoms with Crippen LogP contribution in [0.5, 0.6) is 0 Å². The Kier molecular flexibility index (Phi) is 2.49. The first kappa shape index (κ1) is 10.6. The number of fused-ring (bicyclic) bond motifs is 1. The molecule has 3 rings (SSSR count). The molecule has 0 atom stereocenters. The molecule has 0 saturated carbocycles. The van der Waals surface area contributed by atoms with Crippen LogP contribution in [0.3, 0.4) is 0 Å². The molecule has 3 aromatic rings. The second-order valence-corrected chi connectivity index (χ2v) is 4.44. The zero-order valence-corrected chi connectivity index (χ0v) is 10.3. The molecule has 0 bridgehead atoms. The van der Waals surface area contributed by atoms with Crippen molar-refractivity contribution in [3.63, 3.8) is 0 Å². The average molecular weight is 266 g/mol. The Balaban J connectivity index is 2.16. The van der Waals surface area contributed by atoms with E-state index in [-0.39, 0.29) is 0 Å². The molecule has 3 aromatic heterocycles. The van der Waals surface area contributed by atoms with Gasteiger partial charge in [0.2, 0.25) is 0 Å². The highest BCUT2D eigenvalue weighted by molar-refractivity contribution is 7.71. The molecule has 0 amide bonds. The smallest absolute Gasteiger partial charge is 0.179 e. The lowest BCUT2D eigenvalue weighted by molar-refractivity contribution is 0.494. The van der Waals surface area contributed by atoms with Gasteiger partial charge in [0, 0.05) is 6.20 Å². The van der Waals surface area contributed by atoms with Crippen molar-refractivity contribution in [3.8, 4) is 0 Å². The summed E-state index contributed by atoms with van der Waals surface area (Å²) < 4.78 is 7.78. The van der Waals surface area contributed by atoms with Gasteiger partial charge < -0.3 is 9.40 Å². The van der Waals surface area contributed by atoms with Crippen LogP contribution in [0.2, 0.25) is 5.02 Å². The first-order valence-electron chi connectivity index (χ1n) is 5.00. The molecule has 0 radical (unpaired) electrons. The number of halogens is 1. The largest absolute Gasteiger partial charge is 0.467 e. The fourth-order valence-corrected chi connectivity index (χ4v) is 2.14. The third kappa shape index (κ3) is 1.87. The number of nitrogens with one attached hydrogen (secondary N) is 1. The van der Waals surface area contributed by atoms with E-state index in [2.05, 4.69) is 9.97 Å². The Morgan fingerprint density at radius 1 is 1.53 bits per heavy atom. The standard InChI is InChI=1S/C11H8ClN3OS/c12-7-4-9-10(13-5-7)15(11(17)14-9)6-8-2-1-3-16-8/h1-5H,6H2,(H,14,17). The second kappa shape index (κ2) is 4.01. The van der Waals surface area contributed by atoms with E-state index in [4.69, 9.17) is 28.2 Å². The van der Waals surface area contributed by atoms with Crippen molar-refractivity contribution in [1.82, 2.24) is 14.5 Å². The van der Waals surface area contributed by atoms with Crippen molar-refractivity contribution in [2.24, 2.45) is 0 Å². The van der Waals surface area contributed by atoms with Crippen LogP contribution in [0, 0.1) is 4.77 Å². The summed E-state index contributed by atoms with van der Waals surface area (Å²) in [5.41, 5.74) is 1.60. The molecule has 0 spiro atoms. The third-order valence-electron chi connectivity index (χ3n) is 2.47. The van der Waals surface area contributed by atoms with Crippen LogP contribution in [0.4, 0.5) is 0 Å². The number of aromatic nitrogens is 3. The minimum Gasteiger partial charge on any atom is -0.467 e. The van der Waals surface area contributed by atoms with E-state index in [0.717, 1.165) is 16.9 Å². The summed E-state index contributed by atoms with van der Waals surface area (Å²) in [4.78, 5) is 7.34. The molecule has 1 N–H and O–H groups in total. The van der Waals surface area contributed by atoms with E-state index < -0.39 is 0 Å². The third-order valence-corrected chi connectivity index (χ3v) is 3.00. The quantitative estimate of drug-likeness (QED) is 0.723. The monoisotopic (exact) mass is 265 g/mol. The Hall–Kier alpha value is -1.59. The van der Waals surface area contributed by atoms with Crippen LogP contribution >= 0.6 is 23.8 Å². The number of nitrogens with zero attached hydrogens (tertiary/aromatic N) is 2. The second-order valence-electron chi connectivity index (χ2n) is 3.62. The van der Waals surface area contributed by atoms with E-state index in [1.807, 2.05) is 16.7 Å². The van der Waals surface area contributed by atoms with Crippen LogP contribution in [-0.4, -0.2) is 14.5 Å².